The number of methoxy groups -OCH3 is 2. The van der Waals surface area contributed by atoms with Crippen molar-refractivity contribution >= 4 is 24.9 Å². The number of rotatable bonds is 4. The van der Waals surface area contributed by atoms with Gasteiger partial charge in [-0.1, -0.05) is 20.8 Å². The van der Waals surface area contributed by atoms with Crippen LogP contribution in [-0.2, 0) is 4.74 Å². The highest BCUT2D eigenvalue weighted by atomic mass is 28.4. The van der Waals surface area contributed by atoms with Gasteiger partial charge in [-0.05, 0) is 38.9 Å². The first-order valence-electron chi connectivity index (χ1n) is 10.7. The number of phenolic OH excluding ortho intramolecular Hbond substituents is 2. The number of carbonyl (C=O) groups excluding carboxylic acids is 1. The second kappa shape index (κ2) is 7.85. The lowest BCUT2D eigenvalue weighted by Gasteiger charge is -2.38. The molecule has 0 fully saturated rings. The van der Waals surface area contributed by atoms with Crippen LogP contribution in [0.15, 0.2) is 0 Å². The summed E-state index contributed by atoms with van der Waals surface area (Å²) in [5.41, 5.74) is 0.892. The monoisotopic (exact) mass is 462 g/mol. The summed E-state index contributed by atoms with van der Waals surface area (Å²) in [7, 11) is 0.662. The Morgan fingerprint density at radius 1 is 0.906 bits per heavy atom. The molecule has 1 heterocycles. The van der Waals surface area contributed by atoms with Crippen LogP contribution >= 0.6 is 0 Å². The van der Waals surface area contributed by atoms with Crippen LogP contribution in [0, 0.1) is 6.92 Å². The topological polar surface area (TPSA) is 94.5 Å². The highest BCUT2D eigenvalue weighted by Crippen LogP contribution is 2.57. The van der Waals surface area contributed by atoms with E-state index in [1.807, 2.05) is 0 Å². The van der Waals surface area contributed by atoms with Crippen molar-refractivity contribution in [2.24, 2.45) is 0 Å². The maximum absolute atomic E-state index is 12.9. The van der Waals surface area contributed by atoms with E-state index in [-0.39, 0.29) is 44.6 Å². The molecule has 8 heteroatoms. The number of aryl methyl sites for hydroxylation is 1. The maximum Gasteiger partial charge on any atom is 0.250 e. The highest BCUT2D eigenvalue weighted by Gasteiger charge is 2.42. The summed E-state index contributed by atoms with van der Waals surface area (Å²) in [5.74, 6) is 0.250. The van der Waals surface area contributed by atoms with Crippen molar-refractivity contribution in [1.82, 2.24) is 0 Å². The van der Waals surface area contributed by atoms with Crippen molar-refractivity contribution in [3.8, 4) is 28.7 Å². The fraction of sp³-hybridized carbons (Fsp3) is 0.542. The summed E-state index contributed by atoms with van der Waals surface area (Å²) < 4.78 is 23.7. The molecule has 2 atom stereocenters. The number of hydrogen-bond acceptors (Lipinski definition) is 7. The summed E-state index contributed by atoms with van der Waals surface area (Å²) in [6.07, 6.45) is -1.32. The van der Waals surface area contributed by atoms with Gasteiger partial charge in [-0.15, -0.1) is 0 Å². The fourth-order valence-electron chi connectivity index (χ4n) is 4.02. The molecule has 0 unspecified atom stereocenters. The van der Waals surface area contributed by atoms with Crippen molar-refractivity contribution in [2.45, 2.75) is 71.9 Å². The zero-order chi connectivity index (χ0) is 24.3. The Morgan fingerprint density at radius 2 is 1.47 bits per heavy atom. The largest absolute Gasteiger partial charge is 0.541 e. The van der Waals surface area contributed by atoms with E-state index < -0.39 is 20.5 Å². The molecule has 1 aliphatic heterocycles. The van der Waals surface area contributed by atoms with E-state index in [1.54, 1.807) is 20.8 Å². The molecule has 2 aromatic rings. The first-order valence-corrected chi connectivity index (χ1v) is 13.6. The second-order valence-electron chi connectivity index (χ2n) is 9.90. The average Bonchev–Trinajstić information content (AvgIpc) is 2.68. The molecular formula is C24H34O7Si. The number of carbonyl (C=O) groups is 1. The number of hydrogen-bond donors (Lipinski definition) is 2. The minimum absolute atomic E-state index is 0.0786. The zero-order valence-electron chi connectivity index (χ0n) is 20.6. The van der Waals surface area contributed by atoms with Crippen molar-refractivity contribution in [1.29, 1.82) is 0 Å². The SMILES string of the molecule is COc1c(O[Si](C)(C)C(C)(C)C)c(C)c2c(O)c3c(c(O)c2c1OC)[C@@H](C)O[C@@H](C)C3=O. The van der Waals surface area contributed by atoms with Gasteiger partial charge in [0.25, 0.3) is 8.32 Å². The smallest absolute Gasteiger partial charge is 0.250 e. The van der Waals surface area contributed by atoms with Gasteiger partial charge in [-0.3, -0.25) is 4.79 Å². The Kier molecular flexibility index (Phi) is 5.93. The molecule has 176 valence electrons. The van der Waals surface area contributed by atoms with Crippen LogP contribution in [0.2, 0.25) is 18.1 Å². The predicted octanol–water partition coefficient (Wildman–Crippen LogP) is 5.62. The van der Waals surface area contributed by atoms with E-state index in [1.165, 1.54) is 14.2 Å². The molecule has 0 saturated carbocycles. The number of phenols is 2. The Hall–Kier alpha value is -2.45. The summed E-state index contributed by atoms with van der Waals surface area (Å²) >= 11 is 0. The quantitative estimate of drug-likeness (QED) is 0.449. The van der Waals surface area contributed by atoms with E-state index in [0.29, 0.717) is 22.4 Å². The lowest BCUT2D eigenvalue weighted by Crippen LogP contribution is -2.44. The van der Waals surface area contributed by atoms with Gasteiger partial charge in [0.2, 0.25) is 5.75 Å². The van der Waals surface area contributed by atoms with Crippen LogP contribution in [-0.4, -0.2) is 44.6 Å². The number of ketones is 1. The third-order valence-corrected chi connectivity index (χ3v) is 11.2. The Bertz CT molecular complexity index is 1100. The van der Waals surface area contributed by atoms with Gasteiger partial charge < -0.3 is 28.8 Å². The van der Waals surface area contributed by atoms with Crippen LogP contribution in [0.25, 0.3) is 10.8 Å². The molecule has 1 aliphatic rings. The highest BCUT2D eigenvalue weighted by molar-refractivity contribution is 6.74. The molecule has 7 nitrogen and oxygen atoms in total. The zero-order valence-corrected chi connectivity index (χ0v) is 21.6. The third-order valence-electron chi connectivity index (χ3n) is 6.84. The number of benzene rings is 2. The van der Waals surface area contributed by atoms with Crippen molar-refractivity contribution in [3.05, 3.63) is 16.7 Å². The number of fused-ring (bicyclic) bond motifs is 2. The Balaban J connectivity index is 2.51. The molecule has 0 radical (unpaired) electrons. The Labute approximate surface area is 190 Å². The van der Waals surface area contributed by atoms with Gasteiger partial charge in [-0.25, -0.2) is 0 Å². The van der Waals surface area contributed by atoms with Crippen molar-refractivity contribution in [3.63, 3.8) is 0 Å². The van der Waals surface area contributed by atoms with E-state index in [9.17, 15) is 15.0 Å². The number of Topliss-reactive ketones (excluding diaryl/α,β-unsaturated/α-hetero) is 1. The summed E-state index contributed by atoms with van der Waals surface area (Å²) in [6.45, 7) is 15.7. The van der Waals surface area contributed by atoms with Gasteiger partial charge in [0, 0.05) is 16.5 Å². The van der Waals surface area contributed by atoms with Crippen molar-refractivity contribution < 1.29 is 33.6 Å². The lowest BCUT2D eigenvalue weighted by atomic mass is 9.87. The van der Waals surface area contributed by atoms with E-state index in [2.05, 4.69) is 33.9 Å². The lowest BCUT2D eigenvalue weighted by molar-refractivity contribution is 0.00186. The van der Waals surface area contributed by atoms with Gasteiger partial charge >= 0.3 is 0 Å². The molecule has 0 aliphatic carbocycles. The average molecular weight is 463 g/mol. The second-order valence-corrected chi connectivity index (χ2v) is 14.6. The normalized spacial score (nSPS) is 19.1. The first kappa shape index (κ1) is 24.2. The first-order chi connectivity index (χ1) is 14.7. The summed E-state index contributed by atoms with van der Waals surface area (Å²) in [4.78, 5) is 12.9. The standard InChI is InChI=1S/C24H34O7Si/c1-11-14-17(20(27)15-12(2)30-13(3)18(25)16(15)19(14)26)22(28-7)23(29-8)21(11)31-32(9,10)24(4,5)6/h12-13,26-27H,1-10H3/t12-,13+/m1/s1. The fourth-order valence-corrected chi connectivity index (χ4v) is 5.09. The molecule has 32 heavy (non-hydrogen) atoms. The number of ether oxygens (including phenoxy) is 3. The summed E-state index contributed by atoms with van der Waals surface area (Å²) in [6, 6.07) is 0. The molecule has 0 spiro atoms. The molecule has 0 amide bonds. The third kappa shape index (κ3) is 3.40. The van der Waals surface area contributed by atoms with Gasteiger partial charge in [-0.2, -0.15) is 0 Å². The van der Waals surface area contributed by atoms with Crippen LogP contribution < -0.4 is 13.9 Å². The number of aromatic hydroxyl groups is 2. The molecule has 2 N–H and O–H groups in total. The van der Waals surface area contributed by atoms with Crippen LogP contribution in [0.4, 0.5) is 0 Å². The van der Waals surface area contributed by atoms with Crippen LogP contribution in [0.5, 0.6) is 28.7 Å². The molecule has 0 bridgehead atoms. The van der Waals surface area contributed by atoms with E-state index in [0.717, 1.165) is 0 Å². The predicted molar refractivity (Wildman–Crippen MR) is 126 cm³/mol. The van der Waals surface area contributed by atoms with Crippen LogP contribution in [0.3, 0.4) is 0 Å². The maximum atomic E-state index is 12.9. The van der Waals surface area contributed by atoms with E-state index >= 15 is 0 Å². The molecule has 2 aromatic carbocycles. The van der Waals surface area contributed by atoms with E-state index in [4.69, 9.17) is 18.6 Å². The van der Waals surface area contributed by atoms with Crippen LogP contribution in [0.1, 0.15) is 62.2 Å². The molecule has 0 saturated heterocycles. The summed E-state index contributed by atoms with van der Waals surface area (Å²) in [5, 5.41) is 23.1. The molecule has 0 aromatic heterocycles. The molecular weight excluding hydrogens is 428 g/mol. The molecule has 3 rings (SSSR count). The minimum atomic E-state index is -2.31. The van der Waals surface area contributed by atoms with Gasteiger partial charge in [0.15, 0.2) is 17.3 Å². The minimum Gasteiger partial charge on any atom is -0.541 e. The van der Waals surface area contributed by atoms with Gasteiger partial charge in [0.05, 0.1) is 31.3 Å². The van der Waals surface area contributed by atoms with Gasteiger partial charge in [0.1, 0.15) is 17.6 Å². The van der Waals surface area contributed by atoms with Crippen molar-refractivity contribution in [2.75, 3.05) is 14.2 Å². The Morgan fingerprint density at radius 3 is 1.97 bits per heavy atom.